The monoisotopic (exact) mass is 287 g/mol. The van der Waals surface area contributed by atoms with Gasteiger partial charge in [-0.25, -0.2) is 29.0 Å². The van der Waals surface area contributed by atoms with Crippen molar-refractivity contribution in [2.24, 2.45) is 11.8 Å². The Morgan fingerprint density at radius 2 is 1.89 bits per heavy atom. The smallest absolute Gasteiger partial charge is 0.243 e. The molecular formula is C11H21N5O2S. The molecule has 4 N–H and O–H groups in total. The van der Waals surface area contributed by atoms with Crippen molar-refractivity contribution in [2.75, 3.05) is 12.0 Å². The van der Waals surface area contributed by atoms with Gasteiger partial charge in [0, 0.05) is 6.54 Å². The fourth-order valence-electron chi connectivity index (χ4n) is 1.50. The molecule has 0 radical (unpaired) electrons. The summed E-state index contributed by atoms with van der Waals surface area (Å²) in [7, 11) is -3.53. The van der Waals surface area contributed by atoms with Gasteiger partial charge in [-0.2, -0.15) is 0 Å². The number of nitrogens with zero attached hydrogens (tertiary/aromatic N) is 2. The number of hydrogen-bond acceptors (Lipinski definition) is 6. The van der Waals surface area contributed by atoms with Crippen molar-refractivity contribution in [1.82, 2.24) is 14.7 Å². The summed E-state index contributed by atoms with van der Waals surface area (Å²) >= 11 is 0. The number of nitrogens with one attached hydrogen (secondary N) is 2. The molecule has 0 saturated carbocycles. The zero-order valence-electron chi connectivity index (χ0n) is 11.3. The molecule has 0 bridgehead atoms. The van der Waals surface area contributed by atoms with Gasteiger partial charge < -0.3 is 0 Å². The predicted octanol–water partition coefficient (Wildman–Crippen LogP) is 0.867. The maximum absolute atomic E-state index is 11.9. The van der Waals surface area contributed by atoms with Crippen molar-refractivity contribution >= 4 is 16.0 Å². The fourth-order valence-corrected chi connectivity index (χ4v) is 2.46. The average Bonchev–Trinajstić information content (AvgIpc) is 2.38. The molecule has 0 aliphatic heterocycles. The molecule has 7 nitrogen and oxygen atoms in total. The summed E-state index contributed by atoms with van der Waals surface area (Å²) in [5.74, 6) is 5.92. The first-order valence-corrected chi connectivity index (χ1v) is 7.72. The van der Waals surface area contributed by atoms with Crippen molar-refractivity contribution < 1.29 is 8.42 Å². The number of rotatable bonds is 8. The average molecular weight is 287 g/mol. The zero-order chi connectivity index (χ0) is 14.3. The molecule has 1 aromatic rings. The van der Waals surface area contributed by atoms with Gasteiger partial charge >= 0.3 is 0 Å². The summed E-state index contributed by atoms with van der Waals surface area (Å²) in [6, 6.07) is 0. The van der Waals surface area contributed by atoms with Crippen LogP contribution in [0.4, 0.5) is 5.95 Å². The topological polar surface area (TPSA) is 110 Å². The van der Waals surface area contributed by atoms with Gasteiger partial charge in [0.1, 0.15) is 4.90 Å². The molecule has 1 aromatic heterocycles. The second-order valence-electron chi connectivity index (χ2n) is 4.67. The number of sulfonamides is 1. The number of unbranched alkanes of at least 4 members (excludes halogenated alkanes) is 1. The number of hydrogen-bond donors (Lipinski definition) is 3. The van der Waals surface area contributed by atoms with Gasteiger partial charge in [0.15, 0.2) is 0 Å². The van der Waals surface area contributed by atoms with Crippen molar-refractivity contribution in [2.45, 2.75) is 38.0 Å². The number of aromatic nitrogens is 2. The lowest BCUT2D eigenvalue weighted by Crippen LogP contribution is -2.25. The standard InChI is InChI=1S/C11H21N5O2S/c1-9(2)5-3-4-6-15-19(17,18)10-7-13-11(16-12)14-8-10/h7-9,15H,3-6,12H2,1-2H3,(H,13,14,16). The highest BCUT2D eigenvalue weighted by atomic mass is 32.2. The van der Waals surface area contributed by atoms with E-state index in [9.17, 15) is 8.42 Å². The maximum atomic E-state index is 11.9. The fraction of sp³-hybridized carbons (Fsp3) is 0.636. The predicted molar refractivity (Wildman–Crippen MR) is 73.7 cm³/mol. The summed E-state index contributed by atoms with van der Waals surface area (Å²) in [6.45, 7) is 4.72. The summed E-state index contributed by atoms with van der Waals surface area (Å²) in [6.07, 6.45) is 5.37. The number of nitrogen functional groups attached to an aromatic ring is 1. The second kappa shape index (κ2) is 7.37. The van der Waals surface area contributed by atoms with E-state index >= 15 is 0 Å². The van der Waals surface area contributed by atoms with E-state index < -0.39 is 10.0 Å². The van der Waals surface area contributed by atoms with Gasteiger partial charge in [0.25, 0.3) is 0 Å². The van der Waals surface area contributed by atoms with Gasteiger partial charge in [-0.3, -0.25) is 5.43 Å². The zero-order valence-corrected chi connectivity index (χ0v) is 12.1. The lowest BCUT2D eigenvalue weighted by molar-refractivity contribution is 0.530. The van der Waals surface area contributed by atoms with Crippen LogP contribution in [0.3, 0.4) is 0 Å². The lowest BCUT2D eigenvalue weighted by atomic mass is 10.1. The van der Waals surface area contributed by atoms with Crippen LogP contribution in [0.1, 0.15) is 33.1 Å². The van der Waals surface area contributed by atoms with Gasteiger partial charge in [-0.05, 0) is 12.3 Å². The Hall–Kier alpha value is -1.25. The Balaban J connectivity index is 2.46. The molecule has 8 heteroatoms. The quantitative estimate of drug-likeness (QED) is 0.372. The highest BCUT2D eigenvalue weighted by Gasteiger charge is 2.14. The molecular weight excluding hydrogens is 266 g/mol. The first-order chi connectivity index (χ1) is 8.95. The normalized spacial score (nSPS) is 11.8. The van der Waals surface area contributed by atoms with Crippen LogP contribution in [-0.2, 0) is 10.0 Å². The minimum absolute atomic E-state index is 0.0374. The van der Waals surface area contributed by atoms with E-state index in [1.165, 1.54) is 12.4 Å². The molecule has 0 spiro atoms. The third-order valence-electron chi connectivity index (χ3n) is 2.57. The molecule has 0 fully saturated rings. The van der Waals surface area contributed by atoms with Gasteiger partial charge in [0.2, 0.25) is 16.0 Å². The maximum Gasteiger partial charge on any atom is 0.243 e. The van der Waals surface area contributed by atoms with Crippen molar-refractivity contribution in [1.29, 1.82) is 0 Å². The van der Waals surface area contributed by atoms with Crippen LogP contribution in [0.25, 0.3) is 0 Å². The highest BCUT2D eigenvalue weighted by molar-refractivity contribution is 7.89. The van der Waals surface area contributed by atoms with Crippen molar-refractivity contribution in [3.8, 4) is 0 Å². The van der Waals surface area contributed by atoms with Crippen molar-refractivity contribution in [3.05, 3.63) is 12.4 Å². The minimum atomic E-state index is -3.53. The van der Waals surface area contributed by atoms with Crippen LogP contribution in [0.15, 0.2) is 17.3 Å². The second-order valence-corrected chi connectivity index (χ2v) is 6.44. The lowest BCUT2D eigenvalue weighted by Gasteiger charge is -2.07. The van der Waals surface area contributed by atoms with E-state index in [1.54, 1.807) is 0 Å². The first kappa shape index (κ1) is 15.8. The van der Waals surface area contributed by atoms with Crippen molar-refractivity contribution in [3.63, 3.8) is 0 Å². The van der Waals surface area contributed by atoms with Gasteiger partial charge in [0.05, 0.1) is 12.4 Å². The molecule has 0 aromatic carbocycles. The third-order valence-corrected chi connectivity index (χ3v) is 3.98. The third kappa shape index (κ3) is 5.50. The molecule has 0 unspecified atom stereocenters. The summed E-state index contributed by atoms with van der Waals surface area (Å²) in [5, 5.41) is 0. The van der Waals surface area contributed by atoms with Gasteiger partial charge in [-0.1, -0.05) is 26.7 Å². The Morgan fingerprint density at radius 3 is 2.42 bits per heavy atom. The molecule has 1 heterocycles. The molecule has 0 amide bonds. The minimum Gasteiger partial charge on any atom is -0.292 e. The van der Waals surface area contributed by atoms with E-state index in [2.05, 4.69) is 34.0 Å². The summed E-state index contributed by atoms with van der Waals surface area (Å²) < 4.78 is 26.3. The van der Waals surface area contributed by atoms with E-state index in [4.69, 9.17) is 5.84 Å². The number of anilines is 1. The number of hydrazine groups is 1. The number of nitrogens with two attached hydrogens (primary N) is 1. The van der Waals surface area contributed by atoms with Crippen LogP contribution >= 0.6 is 0 Å². The summed E-state index contributed by atoms with van der Waals surface area (Å²) in [4.78, 5) is 7.57. The van der Waals surface area contributed by atoms with Crippen LogP contribution in [0.2, 0.25) is 0 Å². The Kier molecular flexibility index (Phi) is 6.13. The van der Waals surface area contributed by atoms with E-state index in [1.807, 2.05) is 0 Å². The largest absolute Gasteiger partial charge is 0.292 e. The molecule has 0 aliphatic rings. The van der Waals surface area contributed by atoms with E-state index in [0.29, 0.717) is 12.5 Å². The van der Waals surface area contributed by atoms with Gasteiger partial charge in [-0.15, -0.1) is 0 Å². The molecule has 0 aliphatic carbocycles. The summed E-state index contributed by atoms with van der Waals surface area (Å²) in [5.41, 5.74) is 2.24. The van der Waals surface area contributed by atoms with Crippen LogP contribution in [-0.4, -0.2) is 24.9 Å². The molecule has 0 saturated heterocycles. The van der Waals surface area contributed by atoms with E-state index in [0.717, 1.165) is 19.3 Å². The molecule has 19 heavy (non-hydrogen) atoms. The molecule has 1 rings (SSSR count). The first-order valence-electron chi connectivity index (χ1n) is 6.24. The van der Waals surface area contributed by atoms with Crippen LogP contribution in [0.5, 0.6) is 0 Å². The Morgan fingerprint density at radius 1 is 1.26 bits per heavy atom. The van der Waals surface area contributed by atoms with Crippen LogP contribution in [0, 0.1) is 5.92 Å². The van der Waals surface area contributed by atoms with E-state index in [-0.39, 0.29) is 10.8 Å². The Labute approximate surface area is 114 Å². The SMILES string of the molecule is CC(C)CCCCNS(=O)(=O)c1cnc(NN)nc1. The molecule has 0 atom stereocenters. The molecule has 108 valence electrons. The highest BCUT2D eigenvalue weighted by Crippen LogP contribution is 2.08. The Bertz CT molecular complexity index is 472. The van der Waals surface area contributed by atoms with Crippen LogP contribution < -0.4 is 16.0 Å².